The van der Waals surface area contributed by atoms with Crippen LogP contribution in [0.4, 0.5) is 17.1 Å². The van der Waals surface area contributed by atoms with Crippen LogP contribution in [0.2, 0.25) is 0 Å². The van der Waals surface area contributed by atoms with Gasteiger partial charge in [0.2, 0.25) is 0 Å². The molecule has 3 nitrogen and oxygen atoms in total. The Labute approximate surface area is 401 Å². The summed E-state index contributed by atoms with van der Waals surface area (Å²) < 4.78 is 8.65. The minimum absolute atomic E-state index is 0.895. The Morgan fingerprint density at radius 1 is 0.261 bits per heavy atom. The van der Waals surface area contributed by atoms with Gasteiger partial charge in [0, 0.05) is 44.3 Å². The second-order valence-electron chi connectivity index (χ2n) is 17.7. The molecular weight excluding hydrogens is 837 g/mol. The first kappa shape index (κ1) is 40.1. The first-order valence-electron chi connectivity index (χ1n) is 23.6. The van der Waals surface area contributed by atoms with E-state index in [0.29, 0.717) is 0 Å². The zero-order chi connectivity index (χ0) is 45.7. The highest BCUT2D eigenvalue weighted by atomic mass is 16.3. The van der Waals surface area contributed by atoms with Crippen molar-refractivity contribution in [3.63, 3.8) is 0 Å². The molecule has 0 unspecified atom stereocenters. The summed E-state index contributed by atoms with van der Waals surface area (Å²) in [4.78, 5) is 2.36. The van der Waals surface area contributed by atoms with Crippen LogP contribution in [0.25, 0.3) is 105 Å². The predicted molar refractivity (Wildman–Crippen MR) is 290 cm³/mol. The molecular formula is C66H44N2O. The highest BCUT2D eigenvalue weighted by Crippen LogP contribution is 2.41. The number of hydrogen-bond acceptors (Lipinski definition) is 2. The third kappa shape index (κ3) is 7.25. The van der Waals surface area contributed by atoms with E-state index in [1.165, 1.54) is 55.2 Å². The normalized spacial score (nSPS) is 11.5. The average molecular weight is 881 g/mol. The largest absolute Gasteiger partial charge is 0.456 e. The molecule has 0 fully saturated rings. The van der Waals surface area contributed by atoms with Crippen LogP contribution >= 0.6 is 0 Å². The summed E-state index contributed by atoms with van der Waals surface area (Å²) in [5.74, 6) is 0. The highest BCUT2D eigenvalue weighted by Gasteiger charge is 2.17. The minimum Gasteiger partial charge on any atom is -0.456 e. The molecule has 0 amide bonds. The van der Waals surface area contributed by atoms with Crippen LogP contribution in [0.15, 0.2) is 271 Å². The maximum atomic E-state index is 6.28. The molecule has 0 N–H and O–H groups in total. The van der Waals surface area contributed by atoms with E-state index < -0.39 is 0 Å². The summed E-state index contributed by atoms with van der Waals surface area (Å²) in [6.07, 6.45) is 0. The molecule has 0 radical (unpaired) electrons. The number of furan rings is 1. The topological polar surface area (TPSA) is 21.3 Å². The van der Waals surface area contributed by atoms with Gasteiger partial charge in [-0.3, -0.25) is 0 Å². The number of aromatic nitrogens is 1. The number of anilines is 3. The zero-order valence-electron chi connectivity index (χ0n) is 37.7. The van der Waals surface area contributed by atoms with Crippen LogP contribution in [-0.4, -0.2) is 4.57 Å². The van der Waals surface area contributed by atoms with E-state index in [1.54, 1.807) is 0 Å². The molecule has 3 heteroatoms. The van der Waals surface area contributed by atoms with Gasteiger partial charge in [-0.25, -0.2) is 0 Å². The Kier molecular flexibility index (Phi) is 9.84. The molecule has 2 aromatic heterocycles. The van der Waals surface area contributed by atoms with Crippen LogP contribution in [0, 0.1) is 0 Å². The number of rotatable bonds is 9. The van der Waals surface area contributed by atoms with Crippen LogP contribution in [0.1, 0.15) is 0 Å². The molecule has 13 rings (SSSR count). The first-order chi connectivity index (χ1) is 34.2. The van der Waals surface area contributed by atoms with Crippen LogP contribution in [0.5, 0.6) is 0 Å². The lowest BCUT2D eigenvalue weighted by Gasteiger charge is -2.26. The van der Waals surface area contributed by atoms with E-state index in [2.05, 4.69) is 264 Å². The summed E-state index contributed by atoms with van der Waals surface area (Å²) in [6, 6.07) is 96.1. The molecule has 2 heterocycles. The molecule has 0 aliphatic rings. The fourth-order valence-corrected chi connectivity index (χ4v) is 10.3. The Morgan fingerprint density at radius 3 is 1.39 bits per heavy atom. The van der Waals surface area contributed by atoms with Gasteiger partial charge in [0.15, 0.2) is 0 Å². The lowest BCUT2D eigenvalue weighted by molar-refractivity contribution is 0.669. The molecule has 0 atom stereocenters. The van der Waals surface area contributed by atoms with Gasteiger partial charge >= 0.3 is 0 Å². The molecule has 0 saturated heterocycles. The summed E-state index contributed by atoms with van der Waals surface area (Å²) in [5.41, 5.74) is 20.3. The van der Waals surface area contributed by atoms with Crippen molar-refractivity contribution in [1.29, 1.82) is 0 Å². The lowest BCUT2D eigenvalue weighted by atomic mass is 9.94. The summed E-state index contributed by atoms with van der Waals surface area (Å²) in [5, 5.41) is 4.80. The van der Waals surface area contributed by atoms with Crippen LogP contribution in [0.3, 0.4) is 0 Å². The average Bonchev–Trinajstić information content (AvgIpc) is 3.97. The number of fused-ring (bicyclic) bond motifs is 6. The van der Waals surface area contributed by atoms with Crippen LogP contribution < -0.4 is 4.90 Å². The van der Waals surface area contributed by atoms with E-state index in [1.807, 2.05) is 12.1 Å². The summed E-state index contributed by atoms with van der Waals surface area (Å²) in [6.45, 7) is 0. The van der Waals surface area contributed by atoms with Gasteiger partial charge in [-0.05, 0) is 134 Å². The Bertz CT molecular complexity index is 3940. The Hall–Kier alpha value is -9.18. The van der Waals surface area contributed by atoms with Crippen molar-refractivity contribution >= 4 is 60.8 Å². The minimum atomic E-state index is 0.895. The van der Waals surface area contributed by atoms with Gasteiger partial charge < -0.3 is 13.9 Å². The standard InChI is InChI=1S/C66H44N2O/c1-2-14-49(15-3-1)57-20-4-5-21-58(57)52-17-13-18-55(43-52)67(54-39-34-48(35-40-54)51-36-41-62-61-24-8-11-27-65(61)69-66(62)44-51)53-37-32-46(33-38-53)45-28-30-47(31-29-45)50-16-12-19-56(42-50)68-63-25-9-6-22-59(63)60-23-7-10-26-64(60)68/h1-44H. The van der Waals surface area contributed by atoms with Crippen molar-refractivity contribution in [1.82, 2.24) is 4.57 Å². The quantitative estimate of drug-likeness (QED) is 0.144. The Morgan fingerprint density at radius 2 is 0.725 bits per heavy atom. The van der Waals surface area contributed by atoms with Gasteiger partial charge in [-0.1, -0.05) is 188 Å². The van der Waals surface area contributed by atoms with E-state index in [9.17, 15) is 0 Å². The third-order valence-electron chi connectivity index (χ3n) is 13.6. The fourth-order valence-electron chi connectivity index (χ4n) is 10.3. The van der Waals surface area contributed by atoms with Gasteiger partial charge in [0.05, 0.1) is 11.0 Å². The molecule has 11 aromatic carbocycles. The van der Waals surface area contributed by atoms with Gasteiger partial charge in [-0.2, -0.15) is 0 Å². The zero-order valence-corrected chi connectivity index (χ0v) is 37.7. The van der Waals surface area contributed by atoms with Crippen LogP contribution in [-0.2, 0) is 0 Å². The smallest absolute Gasteiger partial charge is 0.136 e. The maximum absolute atomic E-state index is 6.28. The van der Waals surface area contributed by atoms with Crippen molar-refractivity contribution in [3.05, 3.63) is 267 Å². The van der Waals surface area contributed by atoms with E-state index in [-0.39, 0.29) is 0 Å². The van der Waals surface area contributed by atoms with Crippen molar-refractivity contribution in [2.45, 2.75) is 0 Å². The molecule has 0 aliphatic carbocycles. The molecule has 0 saturated carbocycles. The van der Waals surface area contributed by atoms with Crippen molar-refractivity contribution in [2.24, 2.45) is 0 Å². The summed E-state index contributed by atoms with van der Waals surface area (Å²) in [7, 11) is 0. The lowest BCUT2D eigenvalue weighted by Crippen LogP contribution is -2.10. The second kappa shape index (κ2) is 16.9. The third-order valence-corrected chi connectivity index (χ3v) is 13.6. The number of hydrogen-bond donors (Lipinski definition) is 0. The van der Waals surface area contributed by atoms with E-state index in [0.717, 1.165) is 66.9 Å². The molecule has 0 aliphatic heterocycles. The number of para-hydroxylation sites is 3. The SMILES string of the molecule is c1ccc(-c2ccccc2-c2cccc(N(c3ccc(-c4ccc(-c5cccc(-n6c7ccccc7c7ccccc76)c5)cc4)cc3)c3ccc(-c4ccc5c(c4)oc4ccccc45)cc3)c2)cc1. The second-order valence-corrected chi connectivity index (χ2v) is 17.7. The van der Waals surface area contributed by atoms with Crippen molar-refractivity contribution in [2.75, 3.05) is 4.90 Å². The molecule has 0 bridgehead atoms. The number of benzene rings is 11. The van der Waals surface area contributed by atoms with Crippen molar-refractivity contribution in [3.8, 4) is 61.3 Å². The summed E-state index contributed by atoms with van der Waals surface area (Å²) >= 11 is 0. The maximum Gasteiger partial charge on any atom is 0.136 e. The van der Waals surface area contributed by atoms with Crippen molar-refractivity contribution < 1.29 is 4.42 Å². The molecule has 324 valence electrons. The van der Waals surface area contributed by atoms with Gasteiger partial charge in [0.1, 0.15) is 11.2 Å². The Balaban J connectivity index is 0.840. The molecule has 13 aromatic rings. The monoisotopic (exact) mass is 880 g/mol. The predicted octanol–water partition coefficient (Wildman–Crippen LogP) is 18.5. The fraction of sp³-hybridized carbons (Fsp3) is 0. The van der Waals surface area contributed by atoms with Gasteiger partial charge in [-0.15, -0.1) is 0 Å². The van der Waals surface area contributed by atoms with E-state index in [4.69, 9.17) is 4.42 Å². The molecule has 0 spiro atoms. The number of nitrogens with zero attached hydrogens (tertiary/aromatic N) is 2. The molecule has 69 heavy (non-hydrogen) atoms. The van der Waals surface area contributed by atoms with E-state index >= 15 is 0 Å². The van der Waals surface area contributed by atoms with Gasteiger partial charge in [0.25, 0.3) is 0 Å². The highest BCUT2D eigenvalue weighted by molar-refractivity contribution is 6.09. The first-order valence-corrected chi connectivity index (χ1v) is 23.6.